The van der Waals surface area contributed by atoms with E-state index in [4.69, 9.17) is 16.9 Å². The zero-order chi connectivity index (χ0) is 17.4. The highest BCUT2D eigenvalue weighted by Gasteiger charge is 2.07. The van der Waals surface area contributed by atoms with E-state index in [9.17, 15) is 4.79 Å². The molecule has 1 aromatic carbocycles. The molecule has 2 amide bonds. The zero-order valence-electron chi connectivity index (χ0n) is 13.1. The molecular formula is C16H17ClN6O. The Balaban J connectivity index is 1.93. The maximum Gasteiger partial charge on any atom is 0.324 e. The van der Waals surface area contributed by atoms with Crippen molar-refractivity contribution < 1.29 is 4.79 Å². The van der Waals surface area contributed by atoms with Crippen molar-refractivity contribution in [2.75, 3.05) is 23.7 Å². The van der Waals surface area contributed by atoms with E-state index in [1.807, 2.05) is 19.1 Å². The summed E-state index contributed by atoms with van der Waals surface area (Å²) < 4.78 is 0. The fourth-order valence-corrected chi connectivity index (χ4v) is 2.23. The number of hydrogen-bond donors (Lipinski definition) is 3. The second kappa shape index (κ2) is 8.82. The van der Waals surface area contributed by atoms with Gasteiger partial charge in [0.05, 0.1) is 12.4 Å². The number of nitrogens with one attached hydrogen (secondary N) is 3. The summed E-state index contributed by atoms with van der Waals surface area (Å²) in [5, 5.41) is 17.7. The number of carbonyl (C=O) groups excluding carboxylic acids is 1. The van der Waals surface area contributed by atoms with Crippen LogP contribution in [0.3, 0.4) is 0 Å². The van der Waals surface area contributed by atoms with Gasteiger partial charge in [0.25, 0.3) is 0 Å². The summed E-state index contributed by atoms with van der Waals surface area (Å²) in [7, 11) is 0. The average Bonchev–Trinajstić information content (AvgIpc) is 2.57. The Kier molecular flexibility index (Phi) is 6.49. The van der Waals surface area contributed by atoms with Gasteiger partial charge >= 0.3 is 6.03 Å². The van der Waals surface area contributed by atoms with E-state index >= 15 is 0 Å². The van der Waals surface area contributed by atoms with Gasteiger partial charge in [-0.15, -0.1) is 0 Å². The van der Waals surface area contributed by atoms with Crippen LogP contribution < -0.4 is 16.0 Å². The largest absolute Gasteiger partial charge is 0.324 e. The van der Waals surface area contributed by atoms with E-state index in [1.54, 1.807) is 12.1 Å². The van der Waals surface area contributed by atoms with Crippen LogP contribution in [0.25, 0.3) is 0 Å². The molecule has 124 valence electrons. The van der Waals surface area contributed by atoms with Crippen LogP contribution in [0, 0.1) is 11.3 Å². The SMILES string of the molecule is CCNCCc1ccc(NC(=O)Nc2cnc(C#N)cn2)cc1Cl. The Morgan fingerprint density at radius 2 is 2.12 bits per heavy atom. The van der Waals surface area contributed by atoms with Gasteiger partial charge in [-0.05, 0) is 37.2 Å². The second-order valence-electron chi connectivity index (χ2n) is 4.89. The minimum absolute atomic E-state index is 0.181. The van der Waals surface area contributed by atoms with Gasteiger partial charge in [0.1, 0.15) is 6.07 Å². The summed E-state index contributed by atoms with van der Waals surface area (Å²) in [5.74, 6) is 0.250. The second-order valence-corrected chi connectivity index (χ2v) is 5.29. The van der Waals surface area contributed by atoms with Crippen molar-refractivity contribution >= 4 is 29.1 Å². The minimum atomic E-state index is -0.467. The summed E-state index contributed by atoms with van der Waals surface area (Å²) in [6, 6.07) is 6.76. The van der Waals surface area contributed by atoms with Gasteiger partial charge in [0.2, 0.25) is 0 Å². The highest BCUT2D eigenvalue weighted by atomic mass is 35.5. The van der Waals surface area contributed by atoms with Crippen molar-refractivity contribution in [1.29, 1.82) is 5.26 Å². The number of aromatic nitrogens is 2. The van der Waals surface area contributed by atoms with Crippen LogP contribution in [0.15, 0.2) is 30.6 Å². The van der Waals surface area contributed by atoms with Crippen LogP contribution in [-0.2, 0) is 6.42 Å². The molecule has 24 heavy (non-hydrogen) atoms. The van der Waals surface area contributed by atoms with E-state index in [-0.39, 0.29) is 11.5 Å². The molecule has 0 saturated carbocycles. The van der Waals surface area contributed by atoms with Crippen molar-refractivity contribution in [1.82, 2.24) is 15.3 Å². The molecule has 2 aromatic rings. The van der Waals surface area contributed by atoms with Crippen LogP contribution in [-0.4, -0.2) is 29.1 Å². The van der Waals surface area contributed by atoms with Crippen LogP contribution in [0.4, 0.5) is 16.3 Å². The standard InChI is InChI=1S/C16H17ClN6O/c1-2-19-6-5-11-3-4-12(7-14(11)17)22-16(24)23-15-10-20-13(8-18)9-21-15/h3-4,7,9-10,19H,2,5-6H2,1H3,(H2,21,22,23,24). The van der Waals surface area contributed by atoms with Gasteiger partial charge in [-0.2, -0.15) is 5.26 Å². The van der Waals surface area contributed by atoms with Gasteiger partial charge in [-0.25, -0.2) is 14.8 Å². The van der Waals surface area contributed by atoms with Crippen LogP contribution in [0.2, 0.25) is 5.02 Å². The van der Waals surface area contributed by atoms with Gasteiger partial charge in [0, 0.05) is 10.7 Å². The number of anilines is 2. The molecule has 0 aliphatic heterocycles. The molecule has 0 unspecified atom stereocenters. The van der Waals surface area contributed by atoms with E-state index in [1.165, 1.54) is 12.4 Å². The molecule has 1 aromatic heterocycles. The summed E-state index contributed by atoms with van der Waals surface area (Å²) >= 11 is 6.23. The summed E-state index contributed by atoms with van der Waals surface area (Å²) in [4.78, 5) is 19.7. The molecule has 1 heterocycles. The van der Waals surface area contributed by atoms with Crippen molar-refractivity contribution in [2.45, 2.75) is 13.3 Å². The number of nitrogens with zero attached hydrogens (tertiary/aromatic N) is 3. The van der Waals surface area contributed by atoms with Crippen molar-refractivity contribution in [3.63, 3.8) is 0 Å². The number of nitriles is 1. The molecule has 0 saturated heterocycles. The predicted octanol–water partition coefficient (Wildman–Crippen LogP) is 2.80. The summed E-state index contributed by atoms with van der Waals surface area (Å²) in [6.45, 7) is 3.81. The average molecular weight is 345 g/mol. The highest BCUT2D eigenvalue weighted by molar-refractivity contribution is 6.31. The Bertz CT molecular complexity index is 741. The highest BCUT2D eigenvalue weighted by Crippen LogP contribution is 2.21. The Morgan fingerprint density at radius 1 is 1.29 bits per heavy atom. The lowest BCUT2D eigenvalue weighted by atomic mass is 10.1. The number of carbonyl (C=O) groups is 1. The lowest BCUT2D eigenvalue weighted by Crippen LogP contribution is -2.20. The third-order valence-electron chi connectivity index (χ3n) is 3.14. The van der Waals surface area contributed by atoms with E-state index in [0.717, 1.165) is 25.1 Å². The molecule has 0 radical (unpaired) electrons. The van der Waals surface area contributed by atoms with Gasteiger partial charge < -0.3 is 10.6 Å². The van der Waals surface area contributed by atoms with Crippen LogP contribution >= 0.6 is 11.6 Å². The molecule has 0 atom stereocenters. The van der Waals surface area contributed by atoms with E-state index in [2.05, 4.69) is 25.9 Å². The van der Waals surface area contributed by atoms with E-state index in [0.29, 0.717) is 10.7 Å². The fourth-order valence-electron chi connectivity index (χ4n) is 1.96. The molecule has 0 bridgehead atoms. The Hall–Kier alpha value is -2.69. The monoisotopic (exact) mass is 344 g/mol. The number of halogens is 1. The molecule has 3 N–H and O–H groups in total. The molecule has 0 aliphatic carbocycles. The molecule has 8 heteroatoms. The lowest BCUT2D eigenvalue weighted by molar-refractivity contribution is 0.262. The molecule has 2 rings (SSSR count). The van der Waals surface area contributed by atoms with Crippen molar-refractivity contribution in [2.24, 2.45) is 0 Å². The maximum absolute atomic E-state index is 11.9. The first kappa shape index (κ1) is 17.7. The van der Waals surface area contributed by atoms with Crippen LogP contribution in [0.5, 0.6) is 0 Å². The van der Waals surface area contributed by atoms with Crippen molar-refractivity contribution in [3.8, 4) is 6.07 Å². The number of rotatable bonds is 6. The minimum Gasteiger partial charge on any atom is -0.317 e. The number of amides is 2. The smallest absolute Gasteiger partial charge is 0.317 e. The molecule has 0 aliphatic rings. The Labute approximate surface area is 145 Å². The van der Waals surface area contributed by atoms with Crippen molar-refractivity contribution in [3.05, 3.63) is 46.9 Å². The van der Waals surface area contributed by atoms with Gasteiger partial charge in [-0.1, -0.05) is 24.6 Å². The van der Waals surface area contributed by atoms with Crippen LogP contribution in [0.1, 0.15) is 18.2 Å². The number of benzene rings is 1. The predicted molar refractivity (Wildman–Crippen MR) is 93.1 cm³/mol. The topological polar surface area (TPSA) is 103 Å². The normalized spacial score (nSPS) is 10.0. The molecule has 0 spiro atoms. The first-order valence-electron chi connectivity index (χ1n) is 7.41. The summed E-state index contributed by atoms with van der Waals surface area (Å²) in [6.07, 6.45) is 3.42. The lowest BCUT2D eigenvalue weighted by Gasteiger charge is -2.10. The van der Waals surface area contributed by atoms with Gasteiger partial charge in [0.15, 0.2) is 11.5 Å². The van der Waals surface area contributed by atoms with Gasteiger partial charge in [-0.3, -0.25) is 5.32 Å². The quantitative estimate of drug-likeness (QED) is 0.699. The molecular weight excluding hydrogens is 328 g/mol. The molecule has 7 nitrogen and oxygen atoms in total. The first-order chi connectivity index (χ1) is 11.6. The number of likely N-dealkylation sites (N-methyl/N-ethyl adjacent to an activating group) is 1. The maximum atomic E-state index is 11.9. The number of urea groups is 1. The summed E-state index contributed by atoms with van der Waals surface area (Å²) in [5.41, 5.74) is 1.77. The third kappa shape index (κ3) is 5.19. The fraction of sp³-hybridized carbons (Fsp3) is 0.250. The zero-order valence-corrected chi connectivity index (χ0v) is 13.9. The Morgan fingerprint density at radius 3 is 2.75 bits per heavy atom. The first-order valence-corrected chi connectivity index (χ1v) is 7.79. The third-order valence-corrected chi connectivity index (χ3v) is 3.49. The molecule has 0 fully saturated rings. The van der Waals surface area contributed by atoms with E-state index < -0.39 is 6.03 Å². The number of hydrogen-bond acceptors (Lipinski definition) is 5.